The number of nitrogens with zero attached hydrogens (tertiary/aromatic N) is 2. The maximum absolute atomic E-state index is 12.7. The number of aryl methyl sites for hydroxylation is 1. The molecule has 2 unspecified atom stereocenters. The van der Waals surface area contributed by atoms with Crippen LogP contribution < -0.4 is 5.32 Å². The van der Waals surface area contributed by atoms with Crippen LogP contribution in [0.25, 0.3) is 0 Å². The summed E-state index contributed by atoms with van der Waals surface area (Å²) < 4.78 is 0. The molecule has 1 aliphatic rings. The highest BCUT2D eigenvalue weighted by molar-refractivity contribution is 5.88. The van der Waals surface area contributed by atoms with Gasteiger partial charge in [-0.2, -0.15) is 0 Å². The molecule has 1 N–H and O–H groups in total. The first-order chi connectivity index (χ1) is 11.8. The molecule has 138 valence electrons. The van der Waals surface area contributed by atoms with Crippen molar-refractivity contribution in [2.24, 2.45) is 5.92 Å². The van der Waals surface area contributed by atoms with E-state index in [9.17, 15) is 9.59 Å². The van der Waals surface area contributed by atoms with E-state index in [4.69, 9.17) is 0 Å². The molecular weight excluding hydrogens is 314 g/mol. The van der Waals surface area contributed by atoms with Crippen molar-refractivity contribution in [2.45, 2.75) is 45.7 Å². The molecule has 1 fully saturated rings. The standard InChI is InChI=1S/C20H31N3O2/c1-14(2)20(25)23-12-6-7-17(23)19(24)21-13-18(22(4)5)16-10-8-15(3)9-11-16/h8-11,14,17-18H,6-7,12-13H2,1-5H3,(H,21,24). The van der Waals surface area contributed by atoms with Crippen molar-refractivity contribution in [1.29, 1.82) is 0 Å². The SMILES string of the molecule is Cc1ccc(C(CNC(=O)C2CCCN2C(=O)C(C)C)N(C)C)cc1. The summed E-state index contributed by atoms with van der Waals surface area (Å²) in [5, 5.41) is 3.07. The van der Waals surface area contributed by atoms with Crippen LogP contribution in [0.3, 0.4) is 0 Å². The molecule has 2 amide bonds. The van der Waals surface area contributed by atoms with Gasteiger partial charge in [-0.25, -0.2) is 0 Å². The molecule has 1 aromatic carbocycles. The molecule has 2 rings (SSSR count). The van der Waals surface area contributed by atoms with E-state index in [1.807, 2.05) is 27.9 Å². The maximum atomic E-state index is 12.7. The van der Waals surface area contributed by atoms with Gasteiger partial charge in [0.05, 0.1) is 6.04 Å². The van der Waals surface area contributed by atoms with E-state index in [0.717, 1.165) is 12.8 Å². The van der Waals surface area contributed by atoms with Crippen molar-refractivity contribution in [3.8, 4) is 0 Å². The zero-order valence-corrected chi connectivity index (χ0v) is 16.1. The monoisotopic (exact) mass is 345 g/mol. The fraction of sp³-hybridized carbons (Fsp3) is 0.600. The van der Waals surface area contributed by atoms with Crippen LogP contribution in [0.1, 0.15) is 43.9 Å². The van der Waals surface area contributed by atoms with E-state index >= 15 is 0 Å². The van der Waals surface area contributed by atoms with Crippen molar-refractivity contribution in [3.05, 3.63) is 35.4 Å². The summed E-state index contributed by atoms with van der Waals surface area (Å²) in [5.74, 6) is -0.0405. The van der Waals surface area contributed by atoms with Gasteiger partial charge in [-0.3, -0.25) is 9.59 Å². The molecule has 1 saturated heterocycles. The van der Waals surface area contributed by atoms with Crippen LogP contribution in [0.15, 0.2) is 24.3 Å². The van der Waals surface area contributed by atoms with Gasteiger partial charge in [0.15, 0.2) is 0 Å². The Bertz CT molecular complexity index is 595. The number of likely N-dealkylation sites (N-methyl/N-ethyl adjacent to an activating group) is 1. The molecule has 2 atom stereocenters. The lowest BCUT2D eigenvalue weighted by atomic mass is 10.0. The molecule has 0 bridgehead atoms. The van der Waals surface area contributed by atoms with Gasteiger partial charge in [0.25, 0.3) is 0 Å². The fourth-order valence-electron chi connectivity index (χ4n) is 3.34. The zero-order chi connectivity index (χ0) is 18.6. The van der Waals surface area contributed by atoms with E-state index in [1.54, 1.807) is 4.90 Å². The average Bonchev–Trinajstić information content (AvgIpc) is 3.05. The third kappa shape index (κ3) is 4.82. The number of nitrogens with one attached hydrogen (secondary N) is 1. The van der Waals surface area contributed by atoms with Crippen molar-refractivity contribution < 1.29 is 9.59 Å². The second-order valence-electron chi connectivity index (χ2n) is 7.48. The average molecular weight is 345 g/mol. The largest absolute Gasteiger partial charge is 0.352 e. The third-order valence-electron chi connectivity index (χ3n) is 4.89. The molecule has 25 heavy (non-hydrogen) atoms. The maximum Gasteiger partial charge on any atom is 0.242 e. The number of benzene rings is 1. The van der Waals surface area contributed by atoms with Crippen LogP contribution in [0.4, 0.5) is 0 Å². The van der Waals surface area contributed by atoms with E-state index in [-0.39, 0.29) is 29.8 Å². The number of likely N-dealkylation sites (tertiary alicyclic amines) is 1. The first-order valence-electron chi connectivity index (χ1n) is 9.12. The molecule has 0 saturated carbocycles. The van der Waals surface area contributed by atoms with Crippen molar-refractivity contribution in [1.82, 2.24) is 15.1 Å². The van der Waals surface area contributed by atoms with Crippen molar-refractivity contribution >= 4 is 11.8 Å². The summed E-state index contributed by atoms with van der Waals surface area (Å²) in [7, 11) is 4.03. The Morgan fingerprint density at radius 2 is 1.88 bits per heavy atom. The lowest BCUT2D eigenvalue weighted by Gasteiger charge is -2.28. The van der Waals surface area contributed by atoms with Gasteiger partial charge in [0, 0.05) is 19.0 Å². The highest BCUT2D eigenvalue weighted by Crippen LogP contribution is 2.21. The molecule has 5 nitrogen and oxygen atoms in total. The van der Waals surface area contributed by atoms with Gasteiger partial charge in [-0.1, -0.05) is 43.7 Å². The summed E-state index contributed by atoms with van der Waals surface area (Å²) in [6.07, 6.45) is 1.65. The van der Waals surface area contributed by atoms with E-state index in [1.165, 1.54) is 11.1 Å². The highest BCUT2D eigenvalue weighted by Gasteiger charge is 2.35. The number of rotatable bonds is 6. The Hall–Kier alpha value is -1.88. The highest BCUT2D eigenvalue weighted by atomic mass is 16.2. The predicted octanol–water partition coefficient (Wildman–Crippen LogP) is 2.36. The number of carbonyl (C=O) groups is 2. The molecule has 1 aromatic rings. The van der Waals surface area contributed by atoms with E-state index in [0.29, 0.717) is 13.1 Å². The van der Waals surface area contributed by atoms with Crippen LogP contribution >= 0.6 is 0 Å². The summed E-state index contributed by atoms with van der Waals surface area (Å²) in [5.41, 5.74) is 2.40. The first kappa shape index (κ1) is 19.4. The Balaban J connectivity index is 2.01. The Kier molecular flexibility index (Phi) is 6.59. The van der Waals surface area contributed by atoms with Gasteiger partial charge in [-0.15, -0.1) is 0 Å². The summed E-state index contributed by atoms with van der Waals surface area (Å²) in [4.78, 5) is 28.8. The zero-order valence-electron chi connectivity index (χ0n) is 16.1. The summed E-state index contributed by atoms with van der Waals surface area (Å²) in [6, 6.07) is 8.18. The van der Waals surface area contributed by atoms with Gasteiger partial charge < -0.3 is 15.1 Å². The van der Waals surface area contributed by atoms with Crippen LogP contribution in [-0.2, 0) is 9.59 Å². The molecule has 0 radical (unpaired) electrons. The summed E-state index contributed by atoms with van der Waals surface area (Å²) in [6.45, 7) is 7.06. The van der Waals surface area contributed by atoms with Crippen LogP contribution in [0.2, 0.25) is 0 Å². The topological polar surface area (TPSA) is 52.7 Å². The summed E-state index contributed by atoms with van der Waals surface area (Å²) >= 11 is 0. The molecule has 0 aromatic heterocycles. The fourth-order valence-corrected chi connectivity index (χ4v) is 3.34. The quantitative estimate of drug-likeness (QED) is 0.861. The second kappa shape index (κ2) is 8.48. The minimum atomic E-state index is -0.323. The van der Waals surface area contributed by atoms with Crippen molar-refractivity contribution in [3.63, 3.8) is 0 Å². The Labute approximate surface area is 151 Å². The molecular formula is C20H31N3O2. The van der Waals surface area contributed by atoms with Gasteiger partial charge in [0.1, 0.15) is 6.04 Å². The second-order valence-corrected chi connectivity index (χ2v) is 7.48. The Morgan fingerprint density at radius 1 is 1.24 bits per heavy atom. The lowest BCUT2D eigenvalue weighted by molar-refractivity contribution is -0.140. The van der Waals surface area contributed by atoms with Crippen molar-refractivity contribution in [2.75, 3.05) is 27.2 Å². The third-order valence-corrected chi connectivity index (χ3v) is 4.89. The van der Waals surface area contributed by atoms with E-state index < -0.39 is 0 Å². The van der Waals surface area contributed by atoms with Gasteiger partial charge in [-0.05, 0) is 39.4 Å². The predicted molar refractivity (Wildman–Crippen MR) is 100 cm³/mol. The minimum absolute atomic E-state index is 0.0366. The van der Waals surface area contributed by atoms with E-state index in [2.05, 4.69) is 41.4 Å². The van der Waals surface area contributed by atoms with Gasteiger partial charge >= 0.3 is 0 Å². The van der Waals surface area contributed by atoms with Crippen LogP contribution in [-0.4, -0.2) is 54.8 Å². The first-order valence-corrected chi connectivity index (χ1v) is 9.12. The molecule has 0 aliphatic carbocycles. The normalized spacial score (nSPS) is 18.7. The molecule has 5 heteroatoms. The Morgan fingerprint density at radius 3 is 2.44 bits per heavy atom. The minimum Gasteiger partial charge on any atom is -0.352 e. The lowest BCUT2D eigenvalue weighted by Crippen LogP contribution is -2.48. The van der Waals surface area contributed by atoms with Crippen LogP contribution in [0.5, 0.6) is 0 Å². The number of carbonyl (C=O) groups excluding carboxylic acids is 2. The smallest absolute Gasteiger partial charge is 0.242 e. The number of amides is 2. The number of hydrogen-bond donors (Lipinski definition) is 1. The number of hydrogen-bond acceptors (Lipinski definition) is 3. The molecule has 1 aliphatic heterocycles. The van der Waals surface area contributed by atoms with Gasteiger partial charge in [0.2, 0.25) is 11.8 Å². The molecule has 0 spiro atoms. The molecule has 1 heterocycles. The van der Waals surface area contributed by atoms with Crippen LogP contribution in [0, 0.1) is 12.8 Å².